The lowest BCUT2D eigenvalue weighted by molar-refractivity contribution is -0.145. The summed E-state index contributed by atoms with van der Waals surface area (Å²) in [6.07, 6.45) is 6.08. The number of amides is 1. The number of benzene rings is 1. The third-order valence-electron chi connectivity index (χ3n) is 4.89. The van der Waals surface area contributed by atoms with Crippen molar-refractivity contribution in [1.29, 1.82) is 0 Å². The van der Waals surface area contributed by atoms with Crippen LogP contribution < -0.4 is 5.32 Å². The first-order valence-corrected chi connectivity index (χ1v) is 9.46. The Morgan fingerprint density at radius 3 is 2.57 bits per heavy atom. The highest BCUT2D eigenvalue weighted by Gasteiger charge is 2.34. The van der Waals surface area contributed by atoms with Gasteiger partial charge in [-0.1, -0.05) is 48.6 Å². The molecule has 0 radical (unpaired) electrons. The van der Waals surface area contributed by atoms with Gasteiger partial charge in [0.25, 0.3) is 0 Å². The second kappa shape index (κ2) is 9.80. The molecule has 2 heterocycles. The number of hydrogen-bond acceptors (Lipinski definition) is 4. The third kappa shape index (κ3) is 5.76. The first kappa shape index (κ1) is 19.8. The quantitative estimate of drug-likeness (QED) is 0.772. The van der Waals surface area contributed by atoms with Crippen LogP contribution in [-0.2, 0) is 16.1 Å². The lowest BCUT2D eigenvalue weighted by atomic mass is 9.88. The molecule has 1 saturated heterocycles. The van der Waals surface area contributed by atoms with Crippen molar-refractivity contribution in [3.8, 4) is 0 Å². The standard InChI is InChI=1S/C22H25N3O3/c26-21(24-14-20-10-4-5-11-23-20)18-13-19(22(27)28)16-25(15-18)12-6-9-17-7-2-1-3-8-17/h1-11,18-19H,12-16H2,(H,24,26)(H,27,28)/b9-6+/t18-,19-/m0/s1. The third-order valence-corrected chi connectivity index (χ3v) is 4.89. The molecule has 2 N–H and O–H groups in total. The van der Waals surface area contributed by atoms with Crippen molar-refractivity contribution in [1.82, 2.24) is 15.2 Å². The molecule has 6 heteroatoms. The number of nitrogens with one attached hydrogen (secondary N) is 1. The Kier molecular flexibility index (Phi) is 6.92. The monoisotopic (exact) mass is 379 g/mol. The number of aromatic nitrogens is 1. The largest absolute Gasteiger partial charge is 0.481 e. The van der Waals surface area contributed by atoms with Crippen LogP contribution in [0.3, 0.4) is 0 Å². The van der Waals surface area contributed by atoms with Gasteiger partial charge < -0.3 is 10.4 Å². The van der Waals surface area contributed by atoms with Crippen LogP contribution in [0.15, 0.2) is 60.8 Å². The summed E-state index contributed by atoms with van der Waals surface area (Å²) in [6, 6.07) is 15.5. The number of rotatable bonds is 7. The van der Waals surface area contributed by atoms with Crippen LogP contribution in [-0.4, -0.2) is 46.5 Å². The number of carbonyl (C=O) groups is 2. The second-order valence-corrected chi connectivity index (χ2v) is 7.04. The zero-order chi connectivity index (χ0) is 19.8. The van der Waals surface area contributed by atoms with Crippen molar-refractivity contribution >= 4 is 18.0 Å². The van der Waals surface area contributed by atoms with E-state index in [9.17, 15) is 14.7 Å². The molecular weight excluding hydrogens is 354 g/mol. The van der Waals surface area contributed by atoms with Crippen molar-refractivity contribution in [3.63, 3.8) is 0 Å². The molecule has 1 aromatic heterocycles. The van der Waals surface area contributed by atoms with E-state index in [1.54, 1.807) is 6.20 Å². The smallest absolute Gasteiger partial charge is 0.307 e. The van der Waals surface area contributed by atoms with Crippen LogP contribution in [0.4, 0.5) is 0 Å². The summed E-state index contributed by atoms with van der Waals surface area (Å²) in [7, 11) is 0. The Morgan fingerprint density at radius 1 is 1.11 bits per heavy atom. The predicted molar refractivity (Wildman–Crippen MR) is 107 cm³/mol. The van der Waals surface area contributed by atoms with E-state index < -0.39 is 11.9 Å². The van der Waals surface area contributed by atoms with Gasteiger partial charge in [0, 0.05) is 25.8 Å². The van der Waals surface area contributed by atoms with Gasteiger partial charge in [0.05, 0.1) is 24.1 Å². The molecule has 0 spiro atoms. The van der Waals surface area contributed by atoms with Crippen LogP contribution in [0.2, 0.25) is 0 Å². The van der Waals surface area contributed by atoms with Crippen LogP contribution in [0.25, 0.3) is 6.08 Å². The van der Waals surface area contributed by atoms with Gasteiger partial charge in [-0.15, -0.1) is 0 Å². The van der Waals surface area contributed by atoms with E-state index in [0.717, 1.165) is 11.3 Å². The molecule has 1 aromatic carbocycles. The fraction of sp³-hybridized carbons (Fsp3) is 0.318. The van der Waals surface area contributed by atoms with Crippen molar-refractivity contribution in [3.05, 3.63) is 72.1 Å². The van der Waals surface area contributed by atoms with E-state index in [4.69, 9.17) is 0 Å². The summed E-state index contributed by atoms with van der Waals surface area (Å²) < 4.78 is 0. The fourth-order valence-corrected chi connectivity index (χ4v) is 3.44. The normalized spacial score (nSPS) is 20.1. The average molecular weight is 379 g/mol. The number of piperidine rings is 1. The zero-order valence-electron chi connectivity index (χ0n) is 15.7. The highest BCUT2D eigenvalue weighted by molar-refractivity contribution is 5.80. The van der Waals surface area contributed by atoms with Crippen molar-refractivity contribution < 1.29 is 14.7 Å². The second-order valence-electron chi connectivity index (χ2n) is 7.04. The molecule has 2 atom stereocenters. The highest BCUT2D eigenvalue weighted by Crippen LogP contribution is 2.22. The molecule has 0 aliphatic carbocycles. The minimum atomic E-state index is -0.848. The first-order valence-electron chi connectivity index (χ1n) is 9.46. The number of hydrogen-bond donors (Lipinski definition) is 2. The Balaban J connectivity index is 1.58. The summed E-state index contributed by atoms with van der Waals surface area (Å²) in [4.78, 5) is 30.4. The van der Waals surface area contributed by atoms with Crippen molar-refractivity contribution in [2.45, 2.75) is 13.0 Å². The SMILES string of the molecule is O=C(O)[C@H]1C[C@H](C(=O)NCc2ccccn2)CN(C/C=C/c2ccccc2)C1. The van der Waals surface area contributed by atoms with Crippen LogP contribution in [0.1, 0.15) is 17.7 Å². The van der Waals surface area contributed by atoms with E-state index in [1.165, 1.54) is 0 Å². The number of nitrogens with zero attached hydrogens (tertiary/aromatic N) is 2. The summed E-state index contributed by atoms with van der Waals surface area (Å²) in [6.45, 7) is 1.97. The maximum Gasteiger partial charge on any atom is 0.307 e. The molecule has 1 fully saturated rings. The number of pyridine rings is 1. The molecule has 2 aromatic rings. The van der Waals surface area contributed by atoms with E-state index in [2.05, 4.69) is 10.3 Å². The van der Waals surface area contributed by atoms with Gasteiger partial charge in [0.15, 0.2) is 0 Å². The molecule has 0 saturated carbocycles. The van der Waals surface area contributed by atoms with Gasteiger partial charge >= 0.3 is 5.97 Å². The van der Waals surface area contributed by atoms with Gasteiger partial charge in [-0.3, -0.25) is 19.5 Å². The minimum absolute atomic E-state index is 0.117. The summed E-state index contributed by atoms with van der Waals surface area (Å²) in [5, 5.41) is 12.4. The number of carboxylic acids is 1. The molecule has 1 aliphatic rings. The Bertz CT molecular complexity index is 808. The van der Waals surface area contributed by atoms with Gasteiger partial charge in [0.2, 0.25) is 5.91 Å². The first-order chi connectivity index (χ1) is 13.6. The van der Waals surface area contributed by atoms with Gasteiger partial charge in [-0.05, 0) is 24.1 Å². The maximum absolute atomic E-state index is 12.6. The Hall–Kier alpha value is -2.99. The Morgan fingerprint density at radius 2 is 1.86 bits per heavy atom. The number of carbonyl (C=O) groups excluding carboxylic acids is 1. The molecule has 146 valence electrons. The van der Waals surface area contributed by atoms with E-state index >= 15 is 0 Å². The molecule has 3 rings (SSSR count). The average Bonchev–Trinajstić information content (AvgIpc) is 2.73. The highest BCUT2D eigenvalue weighted by atomic mass is 16.4. The van der Waals surface area contributed by atoms with E-state index in [0.29, 0.717) is 32.6 Å². The zero-order valence-corrected chi connectivity index (χ0v) is 15.7. The number of carboxylic acid groups (broad SMARTS) is 1. The molecular formula is C22H25N3O3. The molecule has 1 amide bonds. The molecule has 1 aliphatic heterocycles. The number of aliphatic carboxylic acids is 1. The van der Waals surface area contributed by atoms with Crippen LogP contribution >= 0.6 is 0 Å². The Labute approximate surface area is 164 Å². The summed E-state index contributed by atoms with van der Waals surface area (Å²) in [5.41, 5.74) is 1.88. The van der Waals surface area contributed by atoms with Crippen LogP contribution in [0, 0.1) is 11.8 Å². The van der Waals surface area contributed by atoms with Crippen molar-refractivity contribution in [2.24, 2.45) is 11.8 Å². The van der Waals surface area contributed by atoms with Gasteiger partial charge in [0.1, 0.15) is 0 Å². The molecule has 0 unspecified atom stereocenters. The van der Waals surface area contributed by atoms with Crippen molar-refractivity contribution in [2.75, 3.05) is 19.6 Å². The number of likely N-dealkylation sites (tertiary alicyclic amines) is 1. The predicted octanol–water partition coefficient (Wildman–Crippen LogP) is 2.43. The van der Waals surface area contributed by atoms with E-state index in [-0.39, 0.29) is 11.8 Å². The lowest BCUT2D eigenvalue weighted by Crippen LogP contribution is -2.48. The molecule has 0 bridgehead atoms. The van der Waals surface area contributed by atoms with E-state index in [1.807, 2.05) is 65.6 Å². The lowest BCUT2D eigenvalue weighted by Gasteiger charge is -2.34. The fourth-order valence-electron chi connectivity index (χ4n) is 3.44. The molecule has 28 heavy (non-hydrogen) atoms. The summed E-state index contributed by atoms with van der Waals surface area (Å²) in [5.74, 6) is -1.85. The van der Waals surface area contributed by atoms with Crippen LogP contribution in [0.5, 0.6) is 0 Å². The van der Waals surface area contributed by atoms with Gasteiger partial charge in [-0.2, -0.15) is 0 Å². The molecule has 6 nitrogen and oxygen atoms in total. The maximum atomic E-state index is 12.6. The minimum Gasteiger partial charge on any atom is -0.481 e. The summed E-state index contributed by atoms with van der Waals surface area (Å²) >= 11 is 0. The topological polar surface area (TPSA) is 82.5 Å². The van der Waals surface area contributed by atoms with Gasteiger partial charge in [-0.25, -0.2) is 0 Å².